The molecule has 0 radical (unpaired) electrons. The molecule has 0 bridgehead atoms. The highest BCUT2D eigenvalue weighted by Gasteiger charge is 2.18. The number of hydrogen-bond donors (Lipinski definition) is 1. The number of hydrogen-bond acceptors (Lipinski definition) is 5. The van der Waals surface area contributed by atoms with E-state index in [2.05, 4.69) is 19.8 Å². The van der Waals surface area contributed by atoms with Crippen molar-refractivity contribution in [2.45, 2.75) is 19.4 Å². The lowest BCUT2D eigenvalue weighted by Gasteiger charge is -2.34. The van der Waals surface area contributed by atoms with E-state index in [0.29, 0.717) is 0 Å². The van der Waals surface area contributed by atoms with Gasteiger partial charge in [-0.05, 0) is 19.4 Å². The molecule has 0 aliphatic carbocycles. The van der Waals surface area contributed by atoms with Gasteiger partial charge in [-0.3, -0.25) is 4.90 Å². The van der Waals surface area contributed by atoms with Crippen LogP contribution in [0.25, 0.3) is 0 Å². The molecule has 0 saturated carbocycles. The molecule has 2 rings (SSSR count). The Morgan fingerprint density at radius 3 is 2.47 bits per heavy atom. The zero-order chi connectivity index (χ0) is 12.1. The Bertz CT molecular complexity index is 323. The summed E-state index contributed by atoms with van der Waals surface area (Å²) < 4.78 is 0. The molecule has 0 amide bonds. The first-order valence-corrected chi connectivity index (χ1v) is 6.18. The van der Waals surface area contributed by atoms with Crippen molar-refractivity contribution in [3.8, 4) is 0 Å². The minimum atomic E-state index is -0.203. The van der Waals surface area contributed by atoms with Crippen LogP contribution in [-0.4, -0.2) is 58.8 Å². The van der Waals surface area contributed by atoms with E-state index in [0.717, 1.165) is 45.1 Å². The topological polar surface area (TPSA) is 52.5 Å². The third kappa shape index (κ3) is 3.64. The van der Waals surface area contributed by atoms with E-state index in [1.54, 1.807) is 12.4 Å². The van der Waals surface area contributed by atoms with Crippen molar-refractivity contribution in [1.82, 2.24) is 14.9 Å². The number of aromatic nitrogens is 2. The fourth-order valence-corrected chi connectivity index (χ4v) is 2.00. The van der Waals surface area contributed by atoms with E-state index in [1.807, 2.05) is 13.0 Å². The van der Waals surface area contributed by atoms with Crippen molar-refractivity contribution in [3.05, 3.63) is 18.5 Å². The molecule has 1 atom stereocenters. The van der Waals surface area contributed by atoms with Crippen molar-refractivity contribution < 1.29 is 5.11 Å². The largest absolute Gasteiger partial charge is 0.393 e. The standard InChI is InChI=1S/C12H20N4O/c1-11(17)3-6-15-7-9-16(10-8-15)12-13-4-2-5-14-12/h2,4-5,11,17H,3,6-10H2,1H3. The van der Waals surface area contributed by atoms with E-state index < -0.39 is 0 Å². The Balaban J connectivity index is 1.78. The summed E-state index contributed by atoms with van der Waals surface area (Å²) in [5, 5.41) is 9.26. The average molecular weight is 236 g/mol. The first-order valence-electron chi connectivity index (χ1n) is 6.18. The summed E-state index contributed by atoms with van der Waals surface area (Å²) in [7, 11) is 0. The second-order valence-electron chi connectivity index (χ2n) is 4.52. The average Bonchev–Trinajstić information content (AvgIpc) is 2.38. The molecule has 2 heterocycles. The Morgan fingerprint density at radius 1 is 1.24 bits per heavy atom. The third-order valence-corrected chi connectivity index (χ3v) is 3.07. The second-order valence-corrected chi connectivity index (χ2v) is 4.52. The predicted molar refractivity (Wildman–Crippen MR) is 67.0 cm³/mol. The fourth-order valence-electron chi connectivity index (χ4n) is 2.00. The summed E-state index contributed by atoms with van der Waals surface area (Å²) in [6.07, 6.45) is 4.21. The maximum absolute atomic E-state index is 9.26. The first kappa shape index (κ1) is 12.3. The van der Waals surface area contributed by atoms with E-state index in [9.17, 15) is 5.11 Å². The van der Waals surface area contributed by atoms with Crippen molar-refractivity contribution in [3.63, 3.8) is 0 Å². The molecular formula is C12H20N4O. The summed E-state index contributed by atoms with van der Waals surface area (Å²) in [6, 6.07) is 1.84. The van der Waals surface area contributed by atoms with Gasteiger partial charge in [-0.2, -0.15) is 0 Å². The summed E-state index contributed by atoms with van der Waals surface area (Å²) in [6.45, 7) is 6.78. The molecule has 1 saturated heterocycles. The van der Waals surface area contributed by atoms with Crippen LogP contribution in [0, 0.1) is 0 Å². The van der Waals surface area contributed by atoms with Crippen LogP contribution in [0.15, 0.2) is 18.5 Å². The predicted octanol–water partition coefficient (Wildman–Crippen LogP) is 0.369. The molecule has 0 spiro atoms. The van der Waals surface area contributed by atoms with Gasteiger partial charge in [0.05, 0.1) is 6.10 Å². The third-order valence-electron chi connectivity index (χ3n) is 3.07. The van der Waals surface area contributed by atoms with Gasteiger partial charge < -0.3 is 10.0 Å². The molecule has 1 aromatic heterocycles. The molecule has 1 aliphatic heterocycles. The molecule has 17 heavy (non-hydrogen) atoms. The van der Waals surface area contributed by atoms with Crippen LogP contribution in [0.1, 0.15) is 13.3 Å². The molecule has 1 unspecified atom stereocenters. The van der Waals surface area contributed by atoms with Crippen LogP contribution in [0.5, 0.6) is 0 Å². The van der Waals surface area contributed by atoms with Crippen LogP contribution in [0.3, 0.4) is 0 Å². The highest BCUT2D eigenvalue weighted by atomic mass is 16.3. The van der Waals surface area contributed by atoms with Gasteiger partial charge in [0.25, 0.3) is 0 Å². The smallest absolute Gasteiger partial charge is 0.225 e. The lowest BCUT2D eigenvalue weighted by atomic mass is 10.2. The van der Waals surface area contributed by atoms with Crippen molar-refractivity contribution >= 4 is 5.95 Å². The van der Waals surface area contributed by atoms with E-state index in [-0.39, 0.29) is 6.10 Å². The van der Waals surface area contributed by atoms with Crippen LogP contribution >= 0.6 is 0 Å². The minimum absolute atomic E-state index is 0.203. The molecule has 5 nitrogen and oxygen atoms in total. The van der Waals surface area contributed by atoms with Gasteiger partial charge in [0, 0.05) is 45.1 Å². The molecule has 5 heteroatoms. The van der Waals surface area contributed by atoms with Crippen LogP contribution < -0.4 is 4.90 Å². The lowest BCUT2D eigenvalue weighted by Crippen LogP contribution is -2.47. The van der Waals surface area contributed by atoms with Gasteiger partial charge in [-0.25, -0.2) is 9.97 Å². The Morgan fingerprint density at radius 2 is 1.88 bits per heavy atom. The van der Waals surface area contributed by atoms with Crippen LogP contribution in [0.4, 0.5) is 5.95 Å². The summed E-state index contributed by atoms with van der Waals surface area (Å²) in [5.41, 5.74) is 0. The van der Waals surface area contributed by atoms with Crippen molar-refractivity contribution in [2.24, 2.45) is 0 Å². The normalized spacial score (nSPS) is 19.3. The molecule has 1 N–H and O–H groups in total. The maximum Gasteiger partial charge on any atom is 0.225 e. The highest BCUT2D eigenvalue weighted by molar-refractivity contribution is 5.29. The summed E-state index contributed by atoms with van der Waals surface area (Å²) in [5.74, 6) is 0.822. The van der Waals surface area contributed by atoms with Crippen LogP contribution in [0.2, 0.25) is 0 Å². The van der Waals surface area contributed by atoms with Crippen molar-refractivity contribution in [2.75, 3.05) is 37.6 Å². The monoisotopic (exact) mass is 236 g/mol. The quantitative estimate of drug-likeness (QED) is 0.818. The molecule has 1 aromatic rings. The summed E-state index contributed by atoms with van der Waals surface area (Å²) in [4.78, 5) is 13.1. The molecular weight excluding hydrogens is 216 g/mol. The molecule has 1 aliphatic rings. The maximum atomic E-state index is 9.26. The second kappa shape index (κ2) is 5.93. The van der Waals surface area contributed by atoms with Gasteiger partial charge >= 0.3 is 0 Å². The lowest BCUT2D eigenvalue weighted by molar-refractivity contribution is 0.153. The SMILES string of the molecule is CC(O)CCN1CCN(c2ncccn2)CC1. The van der Waals surface area contributed by atoms with Crippen molar-refractivity contribution in [1.29, 1.82) is 0 Å². The summed E-state index contributed by atoms with van der Waals surface area (Å²) >= 11 is 0. The van der Waals surface area contributed by atoms with Crippen LogP contribution in [-0.2, 0) is 0 Å². The van der Waals surface area contributed by atoms with Gasteiger partial charge in [0.2, 0.25) is 5.95 Å². The number of rotatable bonds is 4. The molecule has 1 fully saturated rings. The van der Waals surface area contributed by atoms with Gasteiger partial charge in [0.15, 0.2) is 0 Å². The molecule has 94 valence electrons. The van der Waals surface area contributed by atoms with E-state index in [4.69, 9.17) is 0 Å². The van der Waals surface area contributed by atoms with Gasteiger partial charge in [-0.1, -0.05) is 0 Å². The number of aliphatic hydroxyl groups excluding tert-OH is 1. The number of piperazine rings is 1. The molecule has 0 aromatic carbocycles. The Kier molecular flexibility index (Phi) is 4.28. The minimum Gasteiger partial charge on any atom is -0.393 e. The number of aliphatic hydroxyl groups is 1. The highest BCUT2D eigenvalue weighted by Crippen LogP contribution is 2.10. The Labute approximate surface area is 102 Å². The van der Waals surface area contributed by atoms with Gasteiger partial charge in [-0.15, -0.1) is 0 Å². The fraction of sp³-hybridized carbons (Fsp3) is 0.667. The van der Waals surface area contributed by atoms with E-state index >= 15 is 0 Å². The van der Waals surface area contributed by atoms with E-state index in [1.165, 1.54) is 0 Å². The first-order chi connectivity index (χ1) is 8.25. The number of nitrogens with zero attached hydrogens (tertiary/aromatic N) is 4. The number of anilines is 1. The zero-order valence-corrected chi connectivity index (χ0v) is 10.3. The zero-order valence-electron chi connectivity index (χ0n) is 10.3. The Hall–Kier alpha value is -1.20. The van der Waals surface area contributed by atoms with Gasteiger partial charge in [0.1, 0.15) is 0 Å².